The van der Waals surface area contributed by atoms with Crippen LogP contribution in [0.15, 0.2) is 54.7 Å². The number of carbonyl (C=O) groups excluding carboxylic acids is 1. The molecule has 2 aromatic carbocycles. The average Bonchev–Trinajstić information content (AvgIpc) is 2.90. The van der Waals surface area contributed by atoms with Crippen LogP contribution in [0.1, 0.15) is 35.2 Å². The lowest BCUT2D eigenvalue weighted by Crippen LogP contribution is -2.52. The number of pyridine rings is 1. The lowest BCUT2D eigenvalue weighted by Gasteiger charge is -2.44. The van der Waals surface area contributed by atoms with Gasteiger partial charge in [-0.15, -0.1) is 0 Å². The number of carbonyl (C=O) groups is 1. The van der Waals surface area contributed by atoms with Gasteiger partial charge in [-0.3, -0.25) is 14.7 Å². The van der Waals surface area contributed by atoms with Crippen LogP contribution in [0.25, 0.3) is 10.9 Å². The van der Waals surface area contributed by atoms with E-state index in [1.54, 1.807) is 6.20 Å². The number of aliphatic hydroxyl groups is 1. The van der Waals surface area contributed by atoms with Crippen molar-refractivity contribution >= 4 is 40.0 Å². The number of hydrogen-bond acceptors (Lipinski definition) is 4. The monoisotopic (exact) mass is 511 g/mol. The summed E-state index contributed by atoms with van der Waals surface area (Å²) in [6.07, 6.45) is 5.57. The highest BCUT2D eigenvalue weighted by molar-refractivity contribution is 6.42. The molecule has 2 saturated heterocycles. The van der Waals surface area contributed by atoms with Crippen molar-refractivity contribution in [3.63, 3.8) is 0 Å². The third kappa shape index (κ3) is 5.49. The Balaban J connectivity index is 1.16. The molecule has 0 radical (unpaired) electrons. The molecule has 1 N–H and O–H groups in total. The van der Waals surface area contributed by atoms with Crippen molar-refractivity contribution in [1.29, 1.82) is 0 Å². The molecule has 1 amide bonds. The third-order valence-electron chi connectivity index (χ3n) is 7.74. The highest BCUT2D eigenvalue weighted by Crippen LogP contribution is 2.32. The number of nitrogens with zero attached hydrogens (tertiary/aromatic N) is 3. The zero-order valence-electron chi connectivity index (χ0n) is 19.7. The van der Waals surface area contributed by atoms with E-state index in [1.807, 2.05) is 53.4 Å². The highest BCUT2D eigenvalue weighted by atomic mass is 35.5. The fourth-order valence-electron chi connectivity index (χ4n) is 5.69. The van der Waals surface area contributed by atoms with E-state index in [1.165, 1.54) is 5.56 Å². The van der Waals surface area contributed by atoms with E-state index < -0.39 is 0 Å². The highest BCUT2D eigenvalue weighted by Gasteiger charge is 2.34. The van der Waals surface area contributed by atoms with Crippen molar-refractivity contribution in [3.05, 3.63) is 75.9 Å². The standard InChI is InChI=1S/C28H31Cl2N3O2/c29-25-6-5-19(14-26(25)30)13-20-7-10-33(17-23(20)18-34)24-8-11-32(12-9-24)28(35)22-15-21-3-1-2-4-27(21)31-16-22/h1-6,14-16,20,23-24,34H,7-13,17-18H2. The molecule has 1 aromatic heterocycles. The number of rotatable bonds is 5. The maximum atomic E-state index is 13.1. The van der Waals surface area contributed by atoms with Crippen LogP contribution in [0.5, 0.6) is 0 Å². The molecular weight excluding hydrogens is 481 g/mol. The number of para-hydroxylation sites is 1. The number of hydrogen-bond donors (Lipinski definition) is 1. The van der Waals surface area contributed by atoms with Gasteiger partial charge in [-0.25, -0.2) is 0 Å². The Kier molecular flexibility index (Phi) is 7.59. The molecule has 2 aliphatic heterocycles. The molecule has 35 heavy (non-hydrogen) atoms. The Bertz CT molecular complexity index is 1200. The number of amides is 1. The molecule has 5 nitrogen and oxygen atoms in total. The van der Waals surface area contributed by atoms with Crippen molar-refractivity contribution in [2.24, 2.45) is 11.8 Å². The average molecular weight is 512 g/mol. The molecule has 2 unspecified atom stereocenters. The lowest BCUT2D eigenvalue weighted by atomic mass is 9.80. The van der Waals surface area contributed by atoms with Crippen molar-refractivity contribution in [3.8, 4) is 0 Å². The van der Waals surface area contributed by atoms with Crippen LogP contribution in [0, 0.1) is 11.8 Å². The SMILES string of the molecule is O=C(c1cnc2ccccc2c1)N1CCC(N2CCC(Cc3ccc(Cl)c(Cl)c3)C(CO)C2)CC1. The molecule has 0 aliphatic carbocycles. The van der Waals surface area contributed by atoms with Gasteiger partial charge in [-0.05, 0) is 73.9 Å². The molecule has 2 fully saturated rings. The predicted molar refractivity (Wildman–Crippen MR) is 141 cm³/mol. The minimum atomic E-state index is 0.0651. The summed E-state index contributed by atoms with van der Waals surface area (Å²) < 4.78 is 0. The Morgan fingerprint density at radius 1 is 0.971 bits per heavy atom. The van der Waals surface area contributed by atoms with Crippen LogP contribution in [-0.2, 0) is 6.42 Å². The minimum Gasteiger partial charge on any atom is -0.396 e. The maximum absolute atomic E-state index is 13.1. The number of halogens is 2. The first-order valence-corrected chi connectivity index (χ1v) is 13.2. The van der Waals surface area contributed by atoms with Crippen molar-refractivity contribution in [2.75, 3.05) is 32.8 Å². The Labute approximate surface area is 216 Å². The third-order valence-corrected chi connectivity index (χ3v) is 8.48. The van der Waals surface area contributed by atoms with Crippen LogP contribution in [-0.4, -0.2) is 64.6 Å². The van der Waals surface area contributed by atoms with Crippen LogP contribution < -0.4 is 0 Å². The number of benzene rings is 2. The van der Waals surface area contributed by atoms with Crippen LogP contribution >= 0.6 is 23.2 Å². The zero-order valence-corrected chi connectivity index (χ0v) is 21.3. The number of fused-ring (bicyclic) bond motifs is 1. The number of piperidine rings is 2. The van der Waals surface area contributed by atoms with Crippen LogP contribution in [0.3, 0.4) is 0 Å². The van der Waals surface area contributed by atoms with Gasteiger partial charge in [0, 0.05) is 43.9 Å². The Morgan fingerprint density at radius 3 is 2.54 bits per heavy atom. The van der Waals surface area contributed by atoms with E-state index in [2.05, 4.69) is 9.88 Å². The summed E-state index contributed by atoms with van der Waals surface area (Å²) in [5, 5.41) is 12.3. The molecule has 3 aromatic rings. The summed E-state index contributed by atoms with van der Waals surface area (Å²) in [7, 11) is 0. The minimum absolute atomic E-state index is 0.0651. The summed E-state index contributed by atoms with van der Waals surface area (Å²) in [5.41, 5.74) is 2.74. The summed E-state index contributed by atoms with van der Waals surface area (Å²) in [4.78, 5) is 22.1. The van der Waals surface area contributed by atoms with Gasteiger partial charge in [0.05, 0.1) is 21.1 Å². The van der Waals surface area contributed by atoms with Gasteiger partial charge in [-0.1, -0.05) is 47.5 Å². The van der Waals surface area contributed by atoms with Crippen LogP contribution in [0.4, 0.5) is 0 Å². The zero-order chi connectivity index (χ0) is 24.4. The quantitative estimate of drug-likeness (QED) is 0.503. The van der Waals surface area contributed by atoms with Gasteiger partial charge in [0.1, 0.15) is 0 Å². The largest absolute Gasteiger partial charge is 0.396 e. The number of aliphatic hydroxyl groups excluding tert-OH is 1. The van der Waals surface area contributed by atoms with E-state index in [0.717, 1.165) is 62.8 Å². The first-order chi connectivity index (χ1) is 17.0. The first kappa shape index (κ1) is 24.5. The molecule has 3 heterocycles. The lowest BCUT2D eigenvalue weighted by molar-refractivity contribution is 0.0242. The van der Waals surface area contributed by atoms with Gasteiger partial charge in [0.2, 0.25) is 0 Å². The molecule has 0 saturated carbocycles. The second-order valence-electron chi connectivity index (χ2n) is 9.88. The van der Waals surface area contributed by atoms with Crippen LogP contribution in [0.2, 0.25) is 10.0 Å². The van der Waals surface area contributed by atoms with E-state index in [9.17, 15) is 9.90 Å². The van der Waals surface area contributed by atoms with Crippen molar-refractivity contribution in [1.82, 2.24) is 14.8 Å². The molecular formula is C28H31Cl2N3O2. The van der Waals surface area contributed by atoms with E-state index in [4.69, 9.17) is 23.2 Å². The second kappa shape index (κ2) is 10.8. The summed E-state index contributed by atoms with van der Waals surface area (Å²) in [6, 6.07) is 16.1. The van der Waals surface area contributed by atoms with Gasteiger partial charge < -0.3 is 10.0 Å². The molecule has 2 aliphatic rings. The molecule has 2 atom stereocenters. The number of likely N-dealkylation sites (tertiary alicyclic amines) is 2. The Hall–Kier alpha value is -2.18. The Morgan fingerprint density at radius 2 is 1.77 bits per heavy atom. The van der Waals surface area contributed by atoms with E-state index >= 15 is 0 Å². The van der Waals surface area contributed by atoms with Crippen molar-refractivity contribution < 1.29 is 9.90 Å². The van der Waals surface area contributed by atoms with Gasteiger partial charge in [0.25, 0.3) is 5.91 Å². The topological polar surface area (TPSA) is 56.7 Å². The normalized spacial score (nSPS) is 22.0. The molecule has 184 valence electrons. The summed E-state index contributed by atoms with van der Waals surface area (Å²) >= 11 is 12.3. The smallest absolute Gasteiger partial charge is 0.255 e. The van der Waals surface area contributed by atoms with Gasteiger partial charge >= 0.3 is 0 Å². The van der Waals surface area contributed by atoms with Crippen molar-refractivity contribution in [2.45, 2.75) is 31.7 Å². The molecule has 0 spiro atoms. The van der Waals surface area contributed by atoms with E-state index in [-0.39, 0.29) is 18.4 Å². The van der Waals surface area contributed by atoms with Gasteiger partial charge in [0.15, 0.2) is 0 Å². The summed E-state index contributed by atoms with van der Waals surface area (Å²) in [6.45, 7) is 3.62. The fraction of sp³-hybridized carbons (Fsp3) is 0.429. The first-order valence-electron chi connectivity index (χ1n) is 12.4. The molecule has 0 bridgehead atoms. The van der Waals surface area contributed by atoms with E-state index in [0.29, 0.717) is 27.6 Å². The predicted octanol–water partition coefficient (Wildman–Crippen LogP) is 5.32. The molecule has 5 rings (SSSR count). The maximum Gasteiger partial charge on any atom is 0.255 e. The molecule has 7 heteroatoms. The summed E-state index contributed by atoms with van der Waals surface area (Å²) in [5.74, 6) is 0.729. The van der Waals surface area contributed by atoms with Gasteiger partial charge in [-0.2, -0.15) is 0 Å². The number of aromatic nitrogens is 1. The second-order valence-corrected chi connectivity index (χ2v) is 10.7. The fourth-order valence-corrected chi connectivity index (χ4v) is 6.01.